The highest BCUT2D eigenvalue weighted by atomic mass is 16.3. The zero-order chi connectivity index (χ0) is 13.7. The van der Waals surface area contributed by atoms with Crippen molar-refractivity contribution in [3.05, 3.63) is 24.0 Å². The molecular formula is C14H21N3O2. The van der Waals surface area contributed by atoms with Crippen LogP contribution < -0.4 is 5.32 Å². The lowest BCUT2D eigenvalue weighted by Gasteiger charge is -2.32. The zero-order valence-electron chi connectivity index (χ0n) is 11.3. The van der Waals surface area contributed by atoms with Gasteiger partial charge in [0.15, 0.2) is 0 Å². The van der Waals surface area contributed by atoms with Crippen LogP contribution in [0.15, 0.2) is 18.5 Å². The van der Waals surface area contributed by atoms with E-state index in [2.05, 4.69) is 10.3 Å². The highest BCUT2D eigenvalue weighted by Crippen LogP contribution is 2.23. The Morgan fingerprint density at radius 1 is 1.63 bits per heavy atom. The van der Waals surface area contributed by atoms with Gasteiger partial charge in [0.25, 0.3) is 5.91 Å². The number of pyridine rings is 1. The van der Waals surface area contributed by atoms with Gasteiger partial charge in [-0.25, -0.2) is 0 Å². The van der Waals surface area contributed by atoms with E-state index in [-0.39, 0.29) is 12.5 Å². The third kappa shape index (κ3) is 3.23. The maximum absolute atomic E-state index is 12.5. The second-order valence-corrected chi connectivity index (χ2v) is 4.94. The molecule has 0 spiro atoms. The predicted molar refractivity (Wildman–Crippen MR) is 74.1 cm³/mol. The van der Waals surface area contributed by atoms with E-state index in [9.17, 15) is 4.79 Å². The zero-order valence-corrected chi connectivity index (χ0v) is 11.3. The summed E-state index contributed by atoms with van der Waals surface area (Å²) < 4.78 is 0. The second kappa shape index (κ2) is 6.52. The van der Waals surface area contributed by atoms with Crippen LogP contribution in [-0.4, -0.2) is 47.6 Å². The Morgan fingerprint density at radius 3 is 3.21 bits per heavy atom. The summed E-state index contributed by atoms with van der Waals surface area (Å²) in [4.78, 5) is 18.4. The molecule has 1 aromatic heterocycles. The first kappa shape index (κ1) is 13.8. The monoisotopic (exact) mass is 263 g/mol. The smallest absolute Gasteiger partial charge is 0.257 e. The number of aromatic nitrogens is 1. The number of anilines is 1. The van der Waals surface area contributed by atoms with Crippen LogP contribution in [0.25, 0.3) is 0 Å². The molecule has 1 atom stereocenters. The fourth-order valence-electron chi connectivity index (χ4n) is 2.62. The number of rotatable bonds is 4. The van der Waals surface area contributed by atoms with Crippen molar-refractivity contribution < 1.29 is 9.90 Å². The molecule has 2 rings (SSSR count). The molecule has 2 heterocycles. The van der Waals surface area contributed by atoms with E-state index in [0.29, 0.717) is 11.5 Å². The van der Waals surface area contributed by atoms with Gasteiger partial charge in [-0.3, -0.25) is 9.78 Å². The van der Waals surface area contributed by atoms with E-state index in [0.717, 1.165) is 38.0 Å². The number of nitrogens with one attached hydrogen (secondary N) is 1. The first-order valence-corrected chi connectivity index (χ1v) is 6.78. The van der Waals surface area contributed by atoms with E-state index in [4.69, 9.17) is 5.11 Å². The third-order valence-electron chi connectivity index (χ3n) is 3.66. The highest BCUT2D eigenvalue weighted by molar-refractivity contribution is 5.99. The number of nitrogens with zero attached hydrogens (tertiary/aromatic N) is 2. The Bertz CT molecular complexity index is 434. The number of piperidine rings is 1. The molecule has 1 amide bonds. The van der Waals surface area contributed by atoms with Crippen molar-refractivity contribution in [3.8, 4) is 0 Å². The first-order chi connectivity index (χ1) is 9.26. The molecule has 1 unspecified atom stereocenters. The molecule has 104 valence electrons. The molecule has 1 aliphatic rings. The molecule has 1 saturated heterocycles. The molecule has 0 bridgehead atoms. The predicted octanol–water partition coefficient (Wildman–Crippen LogP) is 1.36. The normalized spacial score (nSPS) is 19.3. The number of likely N-dealkylation sites (tertiary alicyclic amines) is 1. The van der Waals surface area contributed by atoms with Gasteiger partial charge in [-0.05, 0) is 31.2 Å². The molecule has 0 radical (unpaired) electrons. The number of hydrogen-bond donors (Lipinski definition) is 2. The van der Waals surface area contributed by atoms with Crippen LogP contribution in [0.1, 0.15) is 29.6 Å². The van der Waals surface area contributed by atoms with Crippen molar-refractivity contribution >= 4 is 11.6 Å². The van der Waals surface area contributed by atoms with Crippen LogP contribution in [-0.2, 0) is 0 Å². The Morgan fingerprint density at radius 2 is 2.47 bits per heavy atom. The molecule has 1 aromatic rings. The SMILES string of the molecule is CNc1ccncc1C(=O)N1CCCC(CCO)C1. The summed E-state index contributed by atoms with van der Waals surface area (Å²) in [5, 5.41) is 12.0. The van der Waals surface area contributed by atoms with E-state index < -0.39 is 0 Å². The summed E-state index contributed by atoms with van der Waals surface area (Å²) in [6, 6.07) is 1.81. The molecule has 5 nitrogen and oxygen atoms in total. The molecule has 0 saturated carbocycles. The van der Waals surface area contributed by atoms with Gasteiger partial charge in [0.05, 0.1) is 5.56 Å². The maximum atomic E-state index is 12.5. The van der Waals surface area contributed by atoms with Crippen molar-refractivity contribution in [2.24, 2.45) is 5.92 Å². The van der Waals surface area contributed by atoms with Gasteiger partial charge in [0.1, 0.15) is 0 Å². The van der Waals surface area contributed by atoms with Crippen LogP contribution in [0.2, 0.25) is 0 Å². The van der Waals surface area contributed by atoms with Gasteiger partial charge in [-0.15, -0.1) is 0 Å². The minimum Gasteiger partial charge on any atom is -0.396 e. The average molecular weight is 263 g/mol. The number of carbonyl (C=O) groups excluding carboxylic acids is 1. The van der Waals surface area contributed by atoms with E-state index in [1.165, 1.54) is 0 Å². The molecule has 1 aliphatic heterocycles. The highest BCUT2D eigenvalue weighted by Gasteiger charge is 2.25. The lowest BCUT2D eigenvalue weighted by Crippen LogP contribution is -2.40. The summed E-state index contributed by atoms with van der Waals surface area (Å²) in [6.45, 7) is 1.72. The minimum absolute atomic E-state index is 0.0279. The lowest BCUT2D eigenvalue weighted by atomic mass is 9.94. The van der Waals surface area contributed by atoms with Gasteiger partial charge < -0.3 is 15.3 Å². The van der Waals surface area contributed by atoms with Crippen molar-refractivity contribution in [2.45, 2.75) is 19.3 Å². The van der Waals surface area contributed by atoms with E-state index in [1.807, 2.05) is 11.0 Å². The number of carbonyl (C=O) groups is 1. The Kier molecular flexibility index (Phi) is 4.74. The van der Waals surface area contributed by atoms with E-state index in [1.54, 1.807) is 19.4 Å². The van der Waals surface area contributed by atoms with Crippen LogP contribution in [0, 0.1) is 5.92 Å². The van der Waals surface area contributed by atoms with Crippen molar-refractivity contribution in [3.63, 3.8) is 0 Å². The summed E-state index contributed by atoms with van der Waals surface area (Å²) in [6.07, 6.45) is 6.16. The number of hydrogen-bond acceptors (Lipinski definition) is 4. The van der Waals surface area contributed by atoms with Gasteiger partial charge in [0.2, 0.25) is 0 Å². The van der Waals surface area contributed by atoms with E-state index >= 15 is 0 Å². The molecule has 0 aliphatic carbocycles. The summed E-state index contributed by atoms with van der Waals surface area (Å²) >= 11 is 0. The summed E-state index contributed by atoms with van der Waals surface area (Å²) in [5.41, 5.74) is 1.43. The lowest BCUT2D eigenvalue weighted by molar-refractivity contribution is 0.0654. The fourth-order valence-corrected chi connectivity index (χ4v) is 2.62. The van der Waals surface area contributed by atoms with Crippen molar-refractivity contribution in [1.29, 1.82) is 0 Å². The molecular weight excluding hydrogens is 242 g/mol. The standard InChI is InChI=1S/C14H21N3O2/c1-15-13-4-6-16-9-12(13)14(19)17-7-2-3-11(10-17)5-8-18/h4,6,9,11,18H,2-3,5,7-8,10H2,1H3,(H,15,16). The largest absolute Gasteiger partial charge is 0.396 e. The quantitative estimate of drug-likeness (QED) is 0.861. The van der Waals surface area contributed by atoms with Crippen LogP contribution in [0.5, 0.6) is 0 Å². The number of aliphatic hydroxyl groups is 1. The third-order valence-corrected chi connectivity index (χ3v) is 3.66. The molecule has 1 fully saturated rings. The first-order valence-electron chi connectivity index (χ1n) is 6.78. The van der Waals surface area contributed by atoms with Gasteiger partial charge in [-0.2, -0.15) is 0 Å². The average Bonchev–Trinajstić information content (AvgIpc) is 2.47. The van der Waals surface area contributed by atoms with Crippen molar-refractivity contribution in [2.75, 3.05) is 32.1 Å². The van der Waals surface area contributed by atoms with Gasteiger partial charge in [0, 0.05) is 44.8 Å². The maximum Gasteiger partial charge on any atom is 0.257 e. The van der Waals surface area contributed by atoms with Gasteiger partial charge >= 0.3 is 0 Å². The fraction of sp³-hybridized carbons (Fsp3) is 0.571. The second-order valence-electron chi connectivity index (χ2n) is 4.94. The molecule has 5 heteroatoms. The number of aliphatic hydroxyl groups excluding tert-OH is 1. The summed E-state index contributed by atoms with van der Waals surface area (Å²) in [7, 11) is 1.80. The van der Waals surface area contributed by atoms with Crippen molar-refractivity contribution in [1.82, 2.24) is 9.88 Å². The Labute approximate surface area is 113 Å². The van der Waals surface area contributed by atoms with Crippen LogP contribution in [0.4, 0.5) is 5.69 Å². The van der Waals surface area contributed by atoms with Gasteiger partial charge in [-0.1, -0.05) is 0 Å². The van der Waals surface area contributed by atoms with Crippen LogP contribution in [0.3, 0.4) is 0 Å². The Balaban J connectivity index is 2.10. The summed E-state index contributed by atoms with van der Waals surface area (Å²) in [5.74, 6) is 0.442. The minimum atomic E-state index is 0.0279. The Hall–Kier alpha value is -1.62. The molecule has 19 heavy (non-hydrogen) atoms. The number of amides is 1. The molecule has 2 N–H and O–H groups in total. The topological polar surface area (TPSA) is 65.5 Å². The van der Waals surface area contributed by atoms with Crippen LogP contribution >= 0.6 is 0 Å². The molecule has 0 aromatic carbocycles.